The van der Waals surface area contributed by atoms with Crippen molar-refractivity contribution in [1.29, 1.82) is 0 Å². The lowest BCUT2D eigenvalue weighted by molar-refractivity contribution is -0.147. The molecule has 9 heteroatoms. The number of benzene rings is 3. The van der Waals surface area contributed by atoms with E-state index in [9.17, 15) is 14.4 Å². The Hall–Kier alpha value is -5.15. The van der Waals surface area contributed by atoms with Gasteiger partial charge in [0.25, 0.3) is 0 Å². The summed E-state index contributed by atoms with van der Waals surface area (Å²) < 4.78 is 15.1. The molecule has 3 heterocycles. The zero-order valence-electron chi connectivity index (χ0n) is 24.9. The number of carbonyl (C=O) groups is 3. The number of para-hydroxylation sites is 1. The first-order valence-electron chi connectivity index (χ1n) is 15.2. The lowest BCUT2D eigenvalue weighted by Gasteiger charge is -2.23. The molecule has 2 bridgehead atoms. The molecule has 2 atom stereocenters. The Labute approximate surface area is 261 Å². The molecular formula is C36H36N4O5. The Kier molecular flexibility index (Phi) is 9.36. The van der Waals surface area contributed by atoms with Crippen LogP contribution in [0.5, 0.6) is 0 Å². The summed E-state index contributed by atoms with van der Waals surface area (Å²) in [6.45, 7) is 1.99. The highest BCUT2D eigenvalue weighted by atomic mass is 16.5. The Morgan fingerprint density at radius 3 is 2.49 bits per heavy atom. The summed E-state index contributed by atoms with van der Waals surface area (Å²) >= 11 is 0. The second-order valence-electron chi connectivity index (χ2n) is 11.1. The van der Waals surface area contributed by atoms with E-state index in [0.717, 1.165) is 33.2 Å². The van der Waals surface area contributed by atoms with Crippen molar-refractivity contribution in [3.8, 4) is 11.1 Å². The molecule has 3 aromatic carbocycles. The fourth-order valence-corrected chi connectivity index (χ4v) is 5.70. The van der Waals surface area contributed by atoms with Crippen LogP contribution in [0.25, 0.3) is 22.0 Å². The minimum atomic E-state index is -0.940. The first kappa shape index (κ1) is 29.9. The third kappa shape index (κ3) is 7.33. The summed E-state index contributed by atoms with van der Waals surface area (Å²) in [6.07, 6.45) is 5.74. The van der Waals surface area contributed by atoms with Crippen molar-refractivity contribution in [2.24, 2.45) is 0 Å². The topological polar surface area (TPSA) is 104 Å². The largest absolute Gasteiger partial charge is 0.461 e. The summed E-state index contributed by atoms with van der Waals surface area (Å²) in [5.74, 6) is -1.28. The molecular weight excluding hydrogens is 568 g/mol. The molecule has 230 valence electrons. The van der Waals surface area contributed by atoms with Crippen LogP contribution in [0.4, 0.5) is 0 Å². The zero-order valence-corrected chi connectivity index (χ0v) is 24.9. The Morgan fingerprint density at radius 2 is 1.67 bits per heavy atom. The molecule has 5 aromatic rings. The number of carbonyl (C=O) groups excluding carboxylic acids is 3. The van der Waals surface area contributed by atoms with Gasteiger partial charge in [-0.25, -0.2) is 0 Å². The van der Waals surface area contributed by atoms with Gasteiger partial charge in [-0.15, -0.1) is 0 Å². The number of fused-ring (bicyclic) bond motifs is 5. The van der Waals surface area contributed by atoms with Crippen LogP contribution < -0.4 is 10.6 Å². The van der Waals surface area contributed by atoms with E-state index in [1.54, 1.807) is 10.8 Å². The van der Waals surface area contributed by atoms with Gasteiger partial charge in [0.05, 0.1) is 19.6 Å². The van der Waals surface area contributed by atoms with Gasteiger partial charge < -0.3 is 29.2 Å². The number of nitrogens with one attached hydrogen (secondary N) is 2. The molecule has 9 nitrogen and oxygen atoms in total. The number of nitrogens with zero attached hydrogens (tertiary/aromatic N) is 2. The second-order valence-corrected chi connectivity index (χ2v) is 11.1. The van der Waals surface area contributed by atoms with Gasteiger partial charge in [-0.05, 0) is 34.4 Å². The normalized spacial score (nSPS) is 16.2. The second kappa shape index (κ2) is 14.1. The fraction of sp³-hybridized carbons (Fsp3) is 0.250. The van der Waals surface area contributed by atoms with E-state index in [1.165, 1.54) is 0 Å². The van der Waals surface area contributed by atoms with Crippen LogP contribution in [0.2, 0.25) is 0 Å². The number of hydrogen-bond donors (Lipinski definition) is 2. The van der Waals surface area contributed by atoms with E-state index in [2.05, 4.69) is 15.2 Å². The van der Waals surface area contributed by atoms with Crippen molar-refractivity contribution in [2.45, 2.75) is 38.1 Å². The Balaban J connectivity index is 1.27. The number of aromatic nitrogens is 2. The summed E-state index contributed by atoms with van der Waals surface area (Å²) in [5.41, 5.74) is 4.73. The smallest absolute Gasteiger partial charge is 0.308 e. The highest BCUT2D eigenvalue weighted by molar-refractivity contribution is 5.92. The van der Waals surface area contributed by atoms with Crippen molar-refractivity contribution in [2.75, 3.05) is 19.8 Å². The maximum Gasteiger partial charge on any atom is 0.308 e. The number of amides is 2. The van der Waals surface area contributed by atoms with Crippen molar-refractivity contribution in [3.63, 3.8) is 0 Å². The van der Waals surface area contributed by atoms with Gasteiger partial charge in [-0.2, -0.15) is 0 Å². The number of esters is 1. The molecule has 0 saturated carbocycles. The minimum absolute atomic E-state index is 0.103. The van der Waals surface area contributed by atoms with Gasteiger partial charge in [0.15, 0.2) is 0 Å². The van der Waals surface area contributed by atoms with Crippen molar-refractivity contribution in [3.05, 3.63) is 121 Å². The lowest BCUT2D eigenvalue weighted by atomic mass is 10.0. The first-order chi connectivity index (χ1) is 22.0. The molecule has 0 radical (unpaired) electrons. The molecule has 0 aliphatic carbocycles. The van der Waals surface area contributed by atoms with Crippen LogP contribution in [0.15, 0.2) is 110 Å². The maximum atomic E-state index is 14.1. The first-order valence-corrected chi connectivity index (χ1v) is 15.2. The van der Waals surface area contributed by atoms with Gasteiger partial charge in [0, 0.05) is 49.0 Å². The Morgan fingerprint density at radius 1 is 0.911 bits per heavy atom. The summed E-state index contributed by atoms with van der Waals surface area (Å²) in [7, 11) is 0. The highest BCUT2D eigenvalue weighted by Gasteiger charge is 2.30. The van der Waals surface area contributed by atoms with Crippen LogP contribution >= 0.6 is 0 Å². The van der Waals surface area contributed by atoms with E-state index in [0.29, 0.717) is 26.3 Å². The minimum Gasteiger partial charge on any atom is -0.461 e. The molecule has 0 spiro atoms. The summed E-state index contributed by atoms with van der Waals surface area (Å²) in [5, 5.41) is 6.90. The fourth-order valence-electron chi connectivity index (χ4n) is 5.70. The summed E-state index contributed by atoms with van der Waals surface area (Å²) in [4.78, 5) is 40.6. The summed E-state index contributed by atoms with van der Waals surface area (Å²) in [6, 6.07) is 27.3. The standard InChI is InChI=1S/C36H36N4O5/c41-34(45-25-26-9-3-1-4-10-26)22-33(39-17-15-28(23-39)27-11-5-2-6-12-27)36(43)38-31-21-29-24-40(32-14-8-7-13-30(29)32)18-20-44-19-16-37-35(31)42/h1-15,17,23-24,31,33H,16,18-22,25H2,(H,37,42)(H,38,43). The molecule has 2 N–H and O–H groups in total. The predicted octanol–water partition coefficient (Wildman–Crippen LogP) is 4.66. The molecule has 1 aliphatic rings. The van der Waals surface area contributed by atoms with Gasteiger partial charge in [0.2, 0.25) is 11.8 Å². The third-order valence-corrected chi connectivity index (χ3v) is 8.04. The van der Waals surface area contributed by atoms with Crippen molar-refractivity contribution < 1.29 is 23.9 Å². The molecule has 2 aromatic heterocycles. The van der Waals surface area contributed by atoms with Gasteiger partial charge >= 0.3 is 5.97 Å². The van der Waals surface area contributed by atoms with Gasteiger partial charge in [-0.1, -0.05) is 78.9 Å². The monoisotopic (exact) mass is 604 g/mol. The highest BCUT2D eigenvalue weighted by Crippen LogP contribution is 2.25. The van der Waals surface area contributed by atoms with Crippen molar-refractivity contribution >= 4 is 28.7 Å². The van der Waals surface area contributed by atoms with E-state index < -0.39 is 24.0 Å². The van der Waals surface area contributed by atoms with E-state index in [4.69, 9.17) is 9.47 Å². The lowest BCUT2D eigenvalue weighted by Crippen LogP contribution is -2.50. The SMILES string of the molecule is O=C(CC(C(=O)NC1Cc2cn(c3ccccc23)CCOCCNC1=O)n1ccc(-c2ccccc2)c1)OCc1ccccc1. The van der Waals surface area contributed by atoms with Crippen LogP contribution in [0.3, 0.4) is 0 Å². The molecule has 1 aliphatic heterocycles. The molecule has 45 heavy (non-hydrogen) atoms. The molecule has 0 saturated heterocycles. The van der Waals surface area contributed by atoms with Crippen LogP contribution in [-0.2, 0) is 43.4 Å². The molecule has 2 amide bonds. The number of hydrogen-bond acceptors (Lipinski definition) is 5. The predicted molar refractivity (Wildman–Crippen MR) is 171 cm³/mol. The van der Waals surface area contributed by atoms with Crippen molar-refractivity contribution in [1.82, 2.24) is 19.8 Å². The van der Waals surface area contributed by atoms with Gasteiger partial charge in [-0.3, -0.25) is 14.4 Å². The van der Waals surface area contributed by atoms with Crippen LogP contribution in [-0.4, -0.2) is 52.7 Å². The quantitative estimate of drug-likeness (QED) is 0.251. The Bertz CT molecular complexity index is 1760. The molecule has 2 unspecified atom stereocenters. The average molecular weight is 605 g/mol. The maximum absolute atomic E-state index is 14.1. The molecule has 0 fully saturated rings. The van der Waals surface area contributed by atoms with Gasteiger partial charge in [0.1, 0.15) is 18.7 Å². The third-order valence-electron chi connectivity index (χ3n) is 8.04. The number of rotatable bonds is 8. The van der Waals surface area contributed by atoms with Crippen LogP contribution in [0, 0.1) is 0 Å². The van der Waals surface area contributed by atoms with Crippen LogP contribution in [0.1, 0.15) is 23.6 Å². The number of ether oxygens (including phenoxy) is 2. The average Bonchev–Trinajstić information content (AvgIpc) is 3.70. The molecule has 6 rings (SSSR count). The zero-order chi connectivity index (χ0) is 31.0. The van der Waals surface area contributed by atoms with E-state index in [-0.39, 0.29) is 25.4 Å². The van der Waals surface area contributed by atoms with E-state index >= 15 is 0 Å². The van der Waals surface area contributed by atoms with E-state index in [1.807, 2.05) is 103 Å².